The maximum Gasteiger partial charge on any atom is 0.332 e. The van der Waals surface area contributed by atoms with Crippen molar-refractivity contribution in [1.82, 2.24) is 9.13 Å². The van der Waals surface area contributed by atoms with Gasteiger partial charge in [-0.1, -0.05) is 12.2 Å². The molecule has 1 aromatic rings. The molecular weight excluding hydrogens is 244 g/mol. The number of hydrogen-bond acceptors (Lipinski definition) is 4. The van der Waals surface area contributed by atoms with E-state index in [9.17, 15) is 9.59 Å². The third-order valence-electron chi connectivity index (χ3n) is 3.41. The van der Waals surface area contributed by atoms with Crippen LogP contribution < -0.4 is 17.0 Å². The number of nitrogen functional groups attached to an aromatic ring is 1. The summed E-state index contributed by atoms with van der Waals surface area (Å²) in [5.74, 6) is 0.432. The fraction of sp³-hybridized carbons (Fsp3) is 0.462. The highest BCUT2D eigenvalue weighted by Gasteiger charge is 2.13. The summed E-state index contributed by atoms with van der Waals surface area (Å²) in [6.45, 7) is 0. The smallest absolute Gasteiger partial charge is 0.332 e. The van der Waals surface area contributed by atoms with Crippen LogP contribution in [0, 0.1) is 5.92 Å². The summed E-state index contributed by atoms with van der Waals surface area (Å²) < 4.78 is 2.25. The first-order chi connectivity index (χ1) is 9.02. The number of aromatic nitrogens is 2. The molecule has 0 bridgehead atoms. The van der Waals surface area contributed by atoms with Gasteiger partial charge in [0, 0.05) is 20.3 Å². The second-order valence-electron chi connectivity index (χ2n) is 4.76. The Bertz CT molecular complexity index is 652. The highest BCUT2D eigenvalue weighted by atomic mass is 16.2. The van der Waals surface area contributed by atoms with Crippen LogP contribution in [0.5, 0.6) is 0 Å². The lowest BCUT2D eigenvalue weighted by Crippen LogP contribution is -2.37. The van der Waals surface area contributed by atoms with Crippen LogP contribution in [0.25, 0.3) is 0 Å². The molecule has 1 aliphatic rings. The molecule has 0 aromatic carbocycles. The van der Waals surface area contributed by atoms with Crippen molar-refractivity contribution in [2.45, 2.75) is 19.3 Å². The van der Waals surface area contributed by atoms with Gasteiger partial charge in [0.1, 0.15) is 5.82 Å². The van der Waals surface area contributed by atoms with Crippen molar-refractivity contribution in [1.29, 1.82) is 0 Å². The minimum atomic E-state index is -0.455. The van der Waals surface area contributed by atoms with Crippen LogP contribution >= 0.6 is 0 Å². The van der Waals surface area contributed by atoms with E-state index in [1.807, 2.05) is 0 Å². The summed E-state index contributed by atoms with van der Waals surface area (Å²) in [6.07, 6.45) is 8.99. The predicted octanol–water partition coefficient (Wildman–Crippen LogP) is 0.725. The van der Waals surface area contributed by atoms with E-state index in [2.05, 4.69) is 17.1 Å². The Morgan fingerprint density at radius 1 is 1.32 bits per heavy atom. The van der Waals surface area contributed by atoms with E-state index in [1.165, 1.54) is 18.7 Å². The van der Waals surface area contributed by atoms with Crippen molar-refractivity contribution in [2.75, 3.05) is 5.73 Å². The number of nitrogens with two attached hydrogens (primary N) is 1. The van der Waals surface area contributed by atoms with E-state index in [0.717, 1.165) is 23.8 Å². The van der Waals surface area contributed by atoms with Crippen LogP contribution in [0.15, 0.2) is 26.7 Å². The lowest BCUT2D eigenvalue weighted by Gasteiger charge is -2.13. The fourth-order valence-electron chi connectivity index (χ4n) is 2.10. The molecule has 0 saturated heterocycles. The maximum atomic E-state index is 12.0. The minimum absolute atomic E-state index is 0.107. The molecule has 0 amide bonds. The normalized spacial score (nSPS) is 19.2. The van der Waals surface area contributed by atoms with Crippen molar-refractivity contribution >= 4 is 17.7 Å². The van der Waals surface area contributed by atoms with Gasteiger partial charge in [-0.05, 0) is 25.2 Å². The number of rotatable bonds is 2. The Kier molecular flexibility index (Phi) is 3.69. The molecule has 0 aliphatic heterocycles. The van der Waals surface area contributed by atoms with Gasteiger partial charge in [0.25, 0.3) is 5.56 Å². The zero-order valence-corrected chi connectivity index (χ0v) is 11.2. The number of nitrogens with zero attached hydrogens (tertiary/aromatic N) is 3. The molecule has 0 unspecified atom stereocenters. The number of aliphatic imine (C=N–C) groups is 1. The van der Waals surface area contributed by atoms with Crippen LogP contribution in [-0.4, -0.2) is 15.3 Å². The summed E-state index contributed by atoms with van der Waals surface area (Å²) in [5, 5.41) is 0. The van der Waals surface area contributed by atoms with Gasteiger partial charge in [-0.15, -0.1) is 0 Å². The average molecular weight is 262 g/mol. The van der Waals surface area contributed by atoms with Gasteiger partial charge in [-0.2, -0.15) is 0 Å². The molecule has 0 radical (unpaired) electrons. The van der Waals surface area contributed by atoms with Gasteiger partial charge < -0.3 is 5.73 Å². The Balaban J connectivity index is 2.40. The molecule has 19 heavy (non-hydrogen) atoms. The quantitative estimate of drug-likeness (QED) is 0.630. The first kappa shape index (κ1) is 13.3. The van der Waals surface area contributed by atoms with E-state index < -0.39 is 11.2 Å². The van der Waals surface area contributed by atoms with E-state index in [4.69, 9.17) is 5.73 Å². The van der Waals surface area contributed by atoms with Crippen molar-refractivity contribution < 1.29 is 0 Å². The van der Waals surface area contributed by atoms with E-state index >= 15 is 0 Å². The lowest BCUT2D eigenvalue weighted by atomic mass is 9.96. The summed E-state index contributed by atoms with van der Waals surface area (Å²) >= 11 is 0. The molecule has 102 valence electrons. The maximum absolute atomic E-state index is 12.0. The van der Waals surface area contributed by atoms with Gasteiger partial charge in [0.15, 0.2) is 5.69 Å². The standard InChI is InChI=1S/C13H18N4O2/c1-16-11(14)10(12(18)17(2)13(16)19)15-8-9-6-4-3-5-7-9/h3-4,8-9H,5-7,14H2,1-2H3/t9-/m1/s1. The van der Waals surface area contributed by atoms with Crippen LogP contribution in [0.3, 0.4) is 0 Å². The molecule has 2 rings (SSSR count). The Hall–Kier alpha value is -2.11. The lowest BCUT2D eigenvalue weighted by molar-refractivity contribution is 0.627. The van der Waals surface area contributed by atoms with Gasteiger partial charge in [-0.25, -0.2) is 4.79 Å². The molecule has 0 saturated carbocycles. The zero-order chi connectivity index (χ0) is 14.0. The summed E-state index contributed by atoms with van der Waals surface area (Å²) in [4.78, 5) is 27.8. The predicted molar refractivity (Wildman–Crippen MR) is 76.0 cm³/mol. The van der Waals surface area contributed by atoms with E-state index in [-0.39, 0.29) is 11.5 Å². The fourth-order valence-corrected chi connectivity index (χ4v) is 2.10. The molecule has 6 nitrogen and oxygen atoms in total. The number of hydrogen-bond donors (Lipinski definition) is 1. The van der Waals surface area contributed by atoms with Crippen LogP contribution in [0.1, 0.15) is 19.3 Å². The van der Waals surface area contributed by atoms with E-state index in [0.29, 0.717) is 5.92 Å². The Morgan fingerprint density at radius 3 is 2.68 bits per heavy atom. The van der Waals surface area contributed by atoms with Gasteiger partial charge in [0.2, 0.25) is 0 Å². The minimum Gasteiger partial charge on any atom is -0.383 e. The van der Waals surface area contributed by atoms with Gasteiger partial charge in [-0.3, -0.25) is 18.9 Å². The van der Waals surface area contributed by atoms with Crippen molar-refractivity contribution in [3.63, 3.8) is 0 Å². The Labute approximate surface area is 110 Å². The first-order valence-electron chi connectivity index (χ1n) is 6.27. The molecule has 1 aromatic heterocycles. The van der Waals surface area contributed by atoms with Crippen molar-refractivity contribution in [3.8, 4) is 0 Å². The molecule has 0 fully saturated rings. The molecule has 1 heterocycles. The molecule has 1 aliphatic carbocycles. The molecular formula is C13H18N4O2. The molecule has 6 heteroatoms. The number of allylic oxidation sites excluding steroid dienone is 2. The van der Waals surface area contributed by atoms with Crippen molar-refractivity contribution in [3.05, 3.63) is 33.0 Å². The highest BCUT2D eigenvalue weighted by molar-refractivity contribution is 5.70. The SMILES string of the molecule is Cn1c(N)c(N=C[C@@H]2CC=CCC2)c(=O)n(C)c1=O. The molecule has 1 atom stereocenters. The van der Waals surface area contributed by atoms with Crippen LogP contribution in [0.4, 0.5) is 11.5 Å². The zero-order valence-electron chi connectivity index (χ0n) is 11.2. The monoisotopic (exact) mass is 262 g/mol. The largest absolute Gasteiger partial charge is 0.383 e. The molecule has 2 N–H and O–H groups in total. The van der Waals surface area contributed by atoms with Crippen molar-refractivity contribution in [2.24, 2.45) is 25.0 Å². The third kappa shape index (κ3) is 2.52. The van der Waals surface area contributed by atoms with Gasteiger partial charge >= 0.3 is 5.69 Å². The molecule has 0 spiro atoms. The van der Waals surface area contributed by atoms with E-state index in [1.54, 1.807) is 6.21 Å². The number of anilines is 1. The van der Waals surface area contributed by atoms with Crippen LogP contribution in [-0.2, 0) is 14.1 Å². The second-order valence-corrected chi connectivity index (χ2v) is 4.76. The van der Waals surface area contributed by atoms with Gasteiger partial charge in [0.05, 0.1) is 0 Å². The topological polar surface area (TPSA) is 82.4 Å². The third-order valence-corrected chi connectivity index (χ3v) is 3.41. The summed E-state index contributed by atoms with van der Waals surface area (Å²) in [6, 6.07) is 0. The average Bonchev–Trinajstić information content (AvgIpc) is 2.44. The summed E-state index contributed by atoms with van der Waals surface area (Å²) in [5.41, 5.74) is 5.03. The highest BCUT2D eigenvalue weighted by Crippen LogP contribution is 2.19. The Morgan fingerprint density at radius 2 is 2.05 bits per heavy atom. The van der Waals surface area contributed by atoms with Crippen LogP contribution in [0.2, 0.25) is 0 Å². The summed E-state index contributed by atoms with van der Waals surface area (Å²) in [7, 11) is 2.95. The second kappa shape index (κ2) is 5.26. The first-order valence-corrected chi connectivity index (χ1v) is 6.27.